The fourth-order valence-corrected chi connectivity index (χ4v) is 4.75. The average Bonchev–Trinajstić information content (AvgIpc) is 2.29. The third-order valence-electron chi connectivity index (χ3n) is 1.97. The zero-order valence-electron chi connectivity index (χ0n) is 9.80. The average molecular weight is 609 g/mol. The van der Waals surface area contributed by atoms with Crippen molar-refractivity contribution in [2.75, 3.05) is 5.32 Å². The molecule has 1 rings (SSSR count). The SMILES string of the molecule is O=C([O-])CCC(=O)Nc1c(I)cc(I)c(O)c1I.[Na+]. The monoisotopic (exact) mass is 609 g/mol. The minimum Gasteiger partial charge on any atom is -0.550 e. The van der Waals surface area contributed by atoms with Crippen molar-refractivity contribution in [2.45, 2.75) is 12.8 Å². The summed E-state index contributed by atoms with van der Waals surface area (Å²) in [7, 11) is 0. The van der Waals surface area contributed by atoms with Crippen LogP contribution in [0.5, 0.6) is 5.75 Å². The molecule has 0 spiro atoms. The summed E-state index contributed by atoms with van der Waals surface area (Å²) in [5.41, 5.74) is 0.498. The molecule has 1 amide bonds. The number of carbonyl (C=O) groups excluding carboxylic acids is 2. The molecule has 0 aliphatic carbocycles. The number of phenols is 1. The van der Waals surface area contributed by atoms with E-state index >= 15 is 0 Å². The van der Waals surface area contributed by atoms with Gasteiger partial charge in [0.05, 0.1) is 12.8 Å². The number of rotatable bonds is 4. The van der Waals surface area contributed by atoms with Crippen LogP contribution in [-0.4, -0.2) is 17.0 Å². The second-order valence-corrected chi connectivity index (χ2v) is 6.70. The molecule has 1 aromatic carbocycles. The van der Waals surface area contributed by atoms with Crippen molar-refractivity contribution in [1.29, 1.82) is 0 Å². The molecule has 9 heteroatoms. The maximum atomic E-state index is 11.5. The number of nitrogens with one attached hydrogen (secondary N) is 1. The fourth-order valence-electron chi connectivity index (χ4n) is 1.11. The quantitative estimate of drug-likeness (QED) is 0.328. The minimum atomic E-state index is -1.26. The Morgan fingerprint density at radius 1 is 1.21 bits per heavy atom. The number of carbonyl (C=O) groups is 2. The van der Waals surface area contributed by atoms with Gasteiger partial charge in [-0.1, -0.05) is 0 Å². The molecule has 0 fully saturated rings. The number of halogens is 3. The standard InChI is InChI=1S/C10H8I3NO4.Na/c11-4-3-5(12)10(18)8(13)9(4)14-6(15)1-2-7(16)17;/h3,18H,1-2H2,(H,14,15)(H,16,17);/q;+1/p-1. The van der Waals surface area contributed by atoms with Crippen molar-refractivity contribution in [1.82, 2.24) is 0 Å². The van der Waals surface area contributed by atoms with Crippen molar-refractivity contribution < 1.29 is 49.4 Å². The van der Waals surface area contributed by atoms with Gasteiger partial charge in [-0.15, -0.1) is 0 Å². The van der Waals surface area contributed by atoms with E-state index in [-0.39, 0.29) is 48.1 Å². The van der Waals surface area contributed by atoms with Gasteiger partial charge >= 0.3 is 29.6 Å². The van der Waals surface area contributed by atoms with Crippen molar-refractivity contribution in [3.8, 4) is 5.75 Å². The smallest absolute Gasteiger partial charge is 0.550 e. The number of aromatic hydroxyl groups is 1. The first kappa shape index (κ1) is 20.1. The number of carboxylic acid groups (broad SMARTS) is 1. The van der Waals surface area contributed by atoms with E-state index < -0.39 is 11.9 Å². The third kappa shape index (κ3) is 6.20. The van der Waals surface area contributed by atoms with Crippen molar-refractivity contribution in [2.24, 2.45) is 0 Å². The Bertz CT molecular complexity index is 510. The Kier molecular flexibility index (Phi) is 9.78. The van der Waals surface area contributed by atoms with Gasteiger partial charge in [-0.05, 0) is 80.3 Å². The van der Waals surface area contributed by atoms with Gasteiger partial charge in [-0.25, -0.2) is 0 Å². The molecule has 0 unspecified atom stereocenters. The number of hydrogen-bond donors (Lipinski definition) is 2. The summed E-state index contributed by atoms with van der Waals surface area (Å²) in [6, 6.07) is 1.73. The number of phenolic OH excluding ortho intramolecular Hbond substituents is 1. The van der Waals surface area contributed by atoms with Gasteiger partial charge in [-0.2, -0.15) is 0 Å². The van der Waals surface area contributed by atoms with Crippen molar-refractivity contribution in [3.05, 3.63) is 16.8 Å². The van der Waals surface area contributed by atoms with E-state index in [1.807, 2.05) is 67.8 Å². The summed E-state index contributed by atoms with van der Waals surface area (Å²) < 4.78 is 2.00. The third-order valence-corrected chi connectivity index (χ3v) is 4.69. The zero-order valence-corrected chi connectivity index (χ0v) is 18.3. The number of carboxylic acids is 1. The van der Waals surface area contributed by atoms with Crippen LogP contribution in [0.3, 0.4) is 0 Å². The Labute approximate surface area is 173 Å². The van der Waals surface area contributed by atoms with Crippen LogP contribution in [0.4, 0.5) is 5.69 Å². The van der Waals surface area contributed by atoms with Crippen molar-refractivity contribution in [3.63, 3.8) is 0 Å². The van der Waals surface area contributed by atoms with Crippen LogP contribution in [-0.2, 0) is 9.59 Å². The number of amides is 1. The van der Waals surface area contributed by atoms with Crippen LogP contribution in [0.2, 0.25) is 0 Å². The molecule has 19 heavy (non-hydrogen) atoms. The second kappa shape index (κ2) is 9.23. The second-order valence-electron chi connectivity index (χ2n) is 3.30. The number of aliphatic carboxylic acids is 1. The van der Waals surface area contributed by atoms with Gasteiger partial charge in [0.1, 0.15) is 5.75 Å². The van der Waals surface area contributed by atoms with Gasteiger partial charge in [-0.3, -0.25) is 4.79 Å². The molecule has 1 aromatic rings. The molecule has 5 nitrogen and oxygen atoms in total. The van der Waals surface area contributed by atoms with Crippen LogP contribution in [0.1, 0.15) is 12.8 Å². The van der Waals surface area contributed by atoms with Gasteiger partial charge < -0.3 is 20.3 Å². The topological polar surface area (TPSA) is 89.5 Å². The predicted octanol–water partition coefficient (Wildman–Crippen LogP) is -1.32. The van der Waals surface area contributed by atoms with Gasteiger partial charge in [0.2, 0.25) is 5.91 Å². The summed E-state index contributed by atoms with van der Waals surface area (Å²) in [6.45, 7) is 0. The molecule has 0 saturated carbocycles. The molecular formula is C10H7I3NNaO4. The molecule has 0 aromatic heterocycles. The van der Waals surface area contributed by atoms with Gasteiger partial charge in [0.15, 0.2) is 0 Å². The van der Waals surface area contributed by atoms with Gasteiger partial charge in [0, 0.05) is 16.0 Å². The fraction of sp³-hybridized carbons (Fsp3) is 0.200. The minimum absolute atomic E-state index is 0. The molecule has 0 heterocycles. The predicted molar refractivity (Wildman–Crippen MR) is 89.1 cm³/mol. The molecule has 0 aliphatic rings. The maximum absolute atomic E-state index is 11.5. The van der Waals surface area contributed by atoms with E-state index in [1.165, 1.54) is 0 Å². The van der Waals surface area contributed by atoms with E-state index in [0.29, 0.717) is 12.8 Å². The number of benzene rings is 1. The number of hydrogen-bond acceptors (Lipinski definition) is 4. The van der Waals surface area contributed by atoms with E-state index in [2.05, 4.69) is 5.32 Å². The van der Waals surface area contributed by atoms with Crippen LogP contribution in [0, 0.1) is 10.7 Å². The molecule has 0 radical (unpaired) electrons. The van der Waals surface area contributed by atoms with Crippen LogP contribution >= 0.6 is 67.8 Å². The van der Waals surface area contributed by atoms with E-state index in [0.717, 1.165) is 3.57 Å². The Morgan fingerprint density at radius 2 is 1.79 bits per heavy atom. The van der Waals surface area contributed by atoms with Crippen LogP contribution in [0.25, 0.3) is 0 Å². The summed E-state index contributed by atoms with van der Waals surface area (Å²) in [4.78, 5) is 21.8. The van der Waals surface area contributed by atoms with E-state index in [4.69, 9.17) is 0 Å². The molecule has 0 atom stereocenters. The Morgan fingerprint density at radius 3 is 2.32 bits per heavy atom. The summed E-state index contributed by atoms with van der Waals surface area (Å²) in [5, 5.41) is 22.6. The van der Waals surface area contributed by atoms with Gasteiger partial charge in [0.25, 0.3) is 0 Å². The largest absolute Gasteiger partial charge is 1.00 e. The number of anilines is 1. The molecule has 98 valence electrons. The first-order valence-electron chi connectivity index (χ1n) is 4.69. The van der Waals surface area contributed by atoms with Crippen LogP contribution in [0.15, 0.2) is 6.07 Å². The molecule has 0 bridgehead atoms. The zero-order chi connectivity index (χ0) is 13.9. The summed E-state index contributed by atoms with van der Waals surface area (Å²) >= 11 is 5.96. The summed E-state index contributed by atoms with van der Waals surface area (Å²) in [5.74, 6) is -1.58. The first-order valence-corrected chi connectivity index (χ1v) is 7.92. The van der Waals surface area contributed by atoms with Crippen LogP contribution < -0.4 is 40.0 Å². The van der Waals surface area contributed by atoms with Crippen molar-refractivity contribution >= 4 is 85.3 Å². The Hall–Kier alpha value is 1.15. The normalized spacial score (nSPS) is 9.63. The molecule has 2 N–H and O–H groups in total. The maximum Gasteiger partial charge on any atom is 1.00 e. The van der Waals surface area contributed by atoms with E-state index in [1.54, 1.807) is 6.07 Å². The molecule has 0 aliphatic heterocycles. The Balaban J connectivity index is 0.00000324. The first-order chi connectivity index (χ1) is 8.32. The van der Waals surface area contributed by atoms with E-state index in [9.17, 15) is 19.8 Å². The summed E-state index contributed by atoms with van der Waals surface area (Å²) in [6.07, 6.45) is -0.476. The molecule has 0 saturated heterocycles. The molecular weight excluding hydrogens is 602 g/mol.